The Morgan fingerprint density at radius 2 is 2.19 bits per heavy atom. The second-order valence-corrected chi connectivity index (χ2v) is 5.59. The fraction of sp³-hybridized carbons (Fsp3) is 0.600. The standard InChI is InChI=1S/C15H22N2O4/c1-16(11-12-5-4-7-14(12)18)9-10-21-15-8-3-2-6-13(15)17(19)20/h2-3,6,8,12,14,18H,4-5,7,9-11H2,1H3. The second kappa shape index (κ2) is 7.38. The molecule has 1 aliphatic carbocycles. The molecule has 6 nitrogen and oxygen atoms in total. The van der Waals surface area contributed by atoms with Gasteiger partial charge >= 0.3 is 5.69 Å². The van der Waals surface area contributed by atoms with Crippen molar-refractivity contribution >= 4 is 5.69 Å². The van der Waals surface area contributed by atoms with E-state index in [2.05, 4.69) is 4.90 Å². The van der Waals surface area contributed by atoms with Crippen LogP contribution in [0.5, 0.6) is 5.75 Å². The molecule has 2 atom stereocenters. The summed E-state index contributed by atoms with van der Waals surface area (Å²) in [5.74, 6) is 0.637. The first-order chi connectivity index (χ1) is 10.1. The van der Waals surface area contributed by atoms with E-state index >= 15 is 0 Å². The van der Waals surface area contributed by atoms with Crippen LogP contribution in [0.2, 0.25) is 0 Å². The van der Waals surface area contributed by atoms with Gasteiger partial charge in [-0.25, -0.2) is 0 Å². The van der Waals surface area contributed by atoms with Gasteiger partial charge in [0.2, 0.25) is 0 Å². The summed E-state index contributed by atoms with van der Waals surface area (Å²) >= 11 is 0. The van der Waals surface area contributed by atoms with Gasteiger partial charge in [0.25, 0.3) is 0 Å². The predicted octanol–water partition coefficient (Wildman–Crippen LogP) is 2.07. The van der Waals surface area contributed by atoms with E-state index in [1.54, 1.807) is 18.2 Å². The van der Waals surface area contributed by atoms with E-state index in [4.69, 9.17) is 4.74 Å². The zero-order chi connectivity index (χ0) is 15.2. The van der Waals surface area contributed by atoms with Crippen LogP contribution in [0, 0.1) is 16.0 Å². The molecule has 0 radical (unpaired) electrons. The fourth-order valence-electron chi connectivity index (χ4n) is 2.76. The smallest absolute Gasteiger partial charge is 0.310 e. The minimum atomic E-state index is -0.437. The first kappa shape index (κ1) is 15.7. The van der Waals surface area contributed by atoms with Crippen LogP contribution in [0.3, 0.4) is 0 Å². The predicted molar refractivity (Wildman–Crippen MR) is 79.4 cm³/mol. The number of hydrogen-bond donors (Lipinski definition) is 1. The van der Waals surface area contributed by atoms with Crippen LogP contribution < -0.4 is 4.74 Å². The molecule has 0 amide bonds. The molecule has 1 saturated carbocycles. The van der Waals surface area contributed by atoms with Crippen LogP contribution in [-0.4, -0.2) is 47.8 Å². The zero-order valence-corrected chi connectivity index (χ0v) is 12.3. The number of hydrogen-bond acceptors (Lipinski definition) is 5. The molecule has 1 aromatic rings. The molecule has 0 aliphatic heterocycles. The van der Waals surface area contributed by atoms with Crippen molar-refractivity contribution in [2.75, 3.05) is 26.7 Å². The molecule has 1 N–H and O–H groups in total. The Hall–Kier alpha value is -1.66. The SMILES string of the molecule is CN(CCOc1ccccc1[N+](=O)[O-])CC1CCCC1O. The molecular weight excluding hydrogens is 272 g/mol. The van der Waals surface area contributed by atoms with Gasteiger partial charge in [0.1, 0.15) is 6.61 Å². The Labute approximate surface area is 124 Å². The summed E-state index contributed by atoms with van der Waals surface area (Å²) in [6.07, 6.45) is 2.86. The van der Waals surface area contributed by atoms with Gasteiger partial charge in [-0.1, -0.05) is 18.6 Å². The molecule has 2 rings (SSSR count). The Bertz CT molecular complexity index is 480. The minimum Gasteiger partial charge on any atom is -0.485 e. The van der Waals surface area contributed by atoms with Crippen molar-refractivity contribution in [3.63, 3.8) is 0 Å². The third-order valence-corrected chi connectivity index (χ3v) is 3.96. The Morgan fingerprint density at radius 1 is 1.43 bits per heavy atom. The Morgan fingerprint density at radius 3 is 2.86 bits per heavy atom. The van der Waals surface area contributed by atoms with Crippen LogP contribution >= 0.6 is 0 Å². The largest absolute Gasteiger partial charge is 0.485 e. The summed E-state index contributed by atoms with van der Waals surface area (Å²) in [5.41, 5.74) is -0.00799. The Kier molecular flexibility index (Phi) is 5.52. The van der Waals surface area contributed by atoms with E-state index in [1.807, 2.05) is 7.05 Å². The first-order valence-corrected chi connectivity index (χ1v) is 7.30. The van der Waals surface area contributed by atoms with Gasteiger partial charge in [0.05, 0.1) is 11.0 Å². The number of ether oxygens (including phenoxy) is 1. The van der Waals surface area contributed by atoms with Gasteiger partial charge in [-0.15, -0.1) is 0 Å². The molecule has 0 spiro atoms. The van der Waals surface area contributed by atoms with Gasteiger partial charge in [0, 0.05) is 19.2 Å². The quantitative estimate of drug-likeness (QED) is 0.615. The molecule has 1 fully saturated rings. The van der Waals surface area contributed by atoms with Crippen molar-refractivity contribution in [2.24, 2.45) is 5.92 Å². The monoisotopic (exact) mass is 294 g/mol. The minimum absolute atomic E-state index is 0.00799. The summed E-state index contributed by atoms with van der Waals surface area (Å²) in [7, 11) is 1.98. The molecule has 1 aromatic carbocycles. The summed E-state index contributed by atoms with van der Waals surface area (Å²) < 4.78 is 5.51. The van der Waals surface area contributed by atoms with E-state index in [0.29, 0.717) is 24.8 Å². The topological polar surface area (TPSA) is 75.8 Å². The van der Waals surface area contributed by atoms with E-state index in [9.17, 15) is 15.2 Å². The molecule has 21 heavy (non-hydrogen) atoms. The molecule has 1 aliphatic rings. The molecule has 0 heterocycles. The summed E-state index contributed by atoms with van der Waals surface area (Å²) in [5, 5.41) is 20.7. The lowest BCUT2D eigenvalue weighted by molar-refractivity contribution is -0.385. The number of aliphatic hydroxyl groups is 1. The summed E-state index contributed by atoms with van der Waals surface area (Å²) in [4.78, 5) is 12.5. The third kappa shape index (κ3) is 4.41. The van der Waals surface area contributed by atoms with E-state index < -0.39 is 4.92 Å². The molecule has 116 valence electrons. The van der Waals surface area contributed by atoms with Crippen LogP contribution in [0.1, 0.15) is 19.3 Å². The van der Waals surface area contributed by atoms with E-state index in [1.165, 1.54) is 6.07 Å². The lowest BCUT2D eigenvalue weighted by Gasteiger charge is -2.22. The summed E-state index contributed by atoms with van der Waals surface area (Å²) in [6, 6.07) is 6.40. The van der Waals surface area contributed by atoms with Crippen LogP contribution in [0.15, 0.2) is 24.3 Å². The average molecular weight is 294 g/mol. The van der Waals surface area contributed by atoms with Crippen molar-refractivity contribution < 1.29 is 14.8 Å². The third-order valence-electron chi connectivity index (χ3n) is 3.96. The van der Waals surface area contributed by atoms with Gasteiger partial charge in [-0.05, 0) is 31.9 Å². The highest BCUT2D eigenvalue weighted by Crippen LogP contribution is 2.27. The molecule has 0 bridgehead atoms. The highest BCUT2D eigenvalue weighted by Gasteiger charge is 2.26. The normalized spacial score (nSPS) is 21.7. The van der Waals surface area contributed by atoms with Gasteiger partial charge in [0.15, 0.2) is 5.75 Å². The number of para-hydroxylation sites is 2. The number of likely N-dealkylation sites (N-methyl/N-ethyl adjacent to an activating group) is 1. The van der Waals surface area contributed by atoms with Crippen LogP contribution in [-0.2, 0) is 0 Å². The number of nitro benzene ring substituents is 1. The molecule has 2 unspecified atom stereocenters. The lowest BCUT2D eigenvalue weighted by Crippen LogP contribution is -2.32. The lowest BCUT2D eigenvalue weighted by atomic mass is 10.1. The number of nitro groups is 1. The fourth-order valence-corrected chi connectivity index (χ4v) is 2.76. The van der Waals surface area contributed by atoms with E-state index in [-0.39, 0.29) is 11.8 Å². The molecule has 6 heteroatoms. The Balaban J connectivity index is 1.77. The van der Waals surface area contributed by atoms with Gasteiger partial charge in [-0.3, -0.25) is 10.1 Å². The van der Waals surface area contributed by atoms with Crippen molar-refractivity contribution in [2.45, 2.75) is 25.4 Å². The maximum Gasteiger partial charge on any atom is 0.310 e. The molecule has 0 aromatic heterocycles. The molecular formula is C15H22N2O4. The van der Waals surface area contributed by atoms with Gasteiger partial charge < -0.3 is 14.7 Å². The van der Waals surface area contributed by atoms with Gasteiger partial charge in [-0.2, -0.15) is 0 Å². The maximum atomic E-state index is 10.9. The number of rotatable bonds is 7. The van der Waals surface area contributed by atoms with Crippen LogP contribution in [0.25, 0.3) is 0 Å². The van der Waals surface area contributed by atoms with Crippen molar-refractivity contribution in [1.29, 1.82) is 0 Å². The molecule has 0 saturated heterocycles. The second-order valence-electron chi connectivity index (χ2n) is 5.59. The number of nitrogens with zero attached hydrogens (tertiary/aromatic N) is 2. The van der Waals surface area contributed by atoms with Crippen LogP contribution in [0.4, 0.5) is 5.69 Å². The van der Waals surface area contributed by atoms with Crippen molar-refractivity contribution in [1.82, 2.24) is 4.90 Å². The van der Waals surface area contributed by atoms with Crippen molar-refractivity contribution in [3.05, 3.63) is 34.4 Å². The average Bonchev–Trinajstić information content (AvgIpc) is 2.84. The maximum absolute atomic E-state index is 10.9. The number of benzene rings is 1. The summed E-state index contributed by atoms with van der Waals surface area (Å²) in [6.45, 7) is 1.90. The highest BCUT2D eigenvalue weighted by atomic mass is 16.6. The van der Waals surface area contributed by atoms with Crippen molar-refractivity contribution in [3.8, 4) is 5.75 Å². The highest BCUT2D eigenvalue weighted by molar-refractivity contribution is 5.45. The first-order valence-electron chi connectivity index (χ1n) is 7.30. The van der Waals surface area contributed by atoms with E-state index in [0.717, 1.165) is 25.8 Å². The number of aliphatic hydroxyl groups excluding tert-OH is 1. The zero-order valence-electron chi connectivity index (χ0n) is 12.3.